The molecule has 1 aromatic heterocycles. The van der Waals surface area contributed by atoms with E-state index in [1.54, 1.807) is 23.6 Å². The van der Waals surface area contributed by atoms with Crippen LogP contribution < -0.4 is 4.74 Å². The van der Waals surface area contributed by atoms with Gasteiger partial charge in [0, 0.05) is 10.9 Å². The zero-order valence-electron chi connectivity index (χ0n) is 12.5. The average molecular weight is 336 g/mol. The predicted octanol–water partition coefficient (Wildman–Crippen LogP) is 3.96. The lowest BCUT2D eigenvalue weighted by atomic mass is 10.1. The van der Waals surface area contributed by atoms with E-state index in [9.17, 15) is 10.1 Å². The maximum absolute atomic E-state index is 10.9. The Morgan fingerprint density at radius 3 is 2.71 bits per heavy atom. The van der Waals surface area contributed by atoms with E-state index < -0.39 is 5.97 Å². The highest BCUT2D eigenvalue weighted by Crippen LogP contribution is 2.28. The summed E-state index contributed by atoms with van der Waals surface area (Å²) in [5.41, 5.74) is 2.61. The van der Waals surface area contributed by atoms with Crippen LogP contribution in [0.2, 0.25) is 0 Å². The monoisotopic (exact) mass is 336 g/mol. The van der Waals surface area contributed by atoms with Crippen molar-refractivity contribution in [3.63, 3.8) is 0 Å². The van der Waals surface area contributed by atoms with Crippen molar-refractivity contribution in [1.29, 1.82) is 5.26 Å². The molecule has 0 aliphatic carbocycles. The van der Waals surface area contributed by atoms with E-state index in [0.29, 0.717) is 29.2 Å². The van der Waals surface area contributed by atoms with Gasteiger partial charge in [-0.3, -0.25) is 0 Å². The van der Waals surface area contributed by atoms with Crippen LogP contribution in [-0.4, -0.2) is 16.1 Å². The number of ether oxygens (including phenoxy) is 1. The highest BCUT2D eigenvalue weighted by atomic mass is 32.1. The number of carboxylic acid groups (broad SMARTS) is 1. The Morgan fingerprint density at radius 1 is 1.25 bits per heavy atom. The SMILES string of the molecule is N#Cc1cc(-c2csc(C(=O)O)n2)ccc1OCc1ccccc1. The van der Waals surface area contributed by atoms with Crippen LogP contribution in [0.5, 0.6) is 5.75 Å². The lowest BCUT2D eigenvalue weighted by Crippen LogP contribution is -1.97. The van der Waals surface area contributed by atoms with Crippen molar-refractivity contribution < 1.29 is 14.6 Å². The topological polar surface area (TPSA) is 83.2 Å². The second-order valence-electron chi connectivity index (χ2n) is 4.94. The third-order valence-corrected chi connectivity index (χ3v) is 4.15. The number of hydrogen-bond donors (Lipinski definition) is 1. The van der Waals surface area contributed by atoms with Crippen LogP contribution in [0.4, 0.5) is 0 Å². The molecule has 0 saturated carbocycles. The van der Waals surface area contributed by atoms with Gasteiger partial charge in [0.25, 0.3) is 0 Å². The fourth-order valence-corrected chi connectivity index (χ4v) is 2.81. The standard InChI is InChI=1S/C18H12N2O3S/c19-9-14-8-13(15-11-24-17(20-15)18(21)22)6-7-16(14)23-10-12-4-2-1-3-5-12/h1-8,11H,10H2,(H,21,22). The molecule has 0 spiro atoms. The van der Waals surface area contributed by atoms with Crippen molar-refractivity contribution in [2.24, 2.45) is 0 Å². The van der Waals surface area contributed by atoms with Crippen molar-refractivity contribution in [2.45, 2.75) is 6.61 Å². The molecule has 0 radical (unpaired) electrons. The Bertz CT molecular complexity index is 914. The Hall–Kier alpha value is -3.17. The molecule has 118 valence electrons. The second-order valence-corrected chi connectivity index (χ2v) is 5.80. The van der Waals surface area contributed by atoms with Gasteiger partial charge in [-0.05, 0) is 23.8 Å². The number of nitriles is 1. The molecular formula is C18H12N2O3S. The normalized spacial score (nSPS) is 10.1. The molecule has 1 N–H and O–H groups in total. The molecule has 0 atom stereocenters. The van der Waals surface area contributed by atoms with Crippen LogP contribution in [0.25, 0.3) is 11.3 Å². The van der Waals surface area contributed by atoms with E-state index in [0.717, 1.165) is 16.9 Å². The number of thiazole rings is 1. The first kappa shape index (κ1) is 15.7. The second kappa shape index (κ2) is 6.94. The number of aromatic carboxylic acids is 1. The van der Waals surface area contributed by atoms with Gasteiger partial charge < -0.3 is 9.84 Å². The summed E-state index contributed by atoms with van der Waals surface area (Å²) in [6, 6.07) is 16.9. The van der Waals surface area contributed by atoms with Gasteiger partial charge in [-0.2, -0.15) is 5.26 Å². The maximum atomic E-state index is 10.9. The van der Waals surface area contributed by atoms with Gasteiger partial charge in [0.1, 0.15) is 18.4 Å². The van der Waals surface area contributed by atoms with Crippen LogP contribution in [0, 0.1) is 11.3 Å². The van der Waals surface area contributed by atoms with Crippen molar-refractivity contribution in [3.8, 4) is 23.1 Å². The lowest BCUT2D eigenvalue weighted by molar-refractivity contribution is 0.0696. The van der Waals surface area contributed by atoms with E-state index in [1.165, 1.54) is 0 Å². The summed E-state index contributed by atoms with van der Waals surface area (Å²) >= 11 is 1.05. The summed E-state index contributed by atoms with van der Waals surface area (Å²) in [6.07, 6.45) is 0. The van der Waals surface area contributed by atoms with Crippen molar-refractivity contribution >= 4 is 17.3 Å². The molecule has 3 rings (SSSR count). The summed E-state index contributed by atoms with van der Waals surface area (Å²) in [4.78, 5) is 15.0. The Labute approximate surface area is 142 Å². The highest BCUT2D eigenvalue weighted by molar-refractivity contribution is 7.11. The molecule has 0 fully saturated rings. The van der Waals surface area contributed by atoms with Crippen molar-refractivity contribution in [1.82, 2.24) is 4.98 Å². The predicted molar refractivity (Wildman–Crippen MR) is 90.0 cm³/mol. The van der Waals surface area contributed by atoms with E-state index in [2.05, 4.69) is 11.1 Å². The third-order valence-electron chi connectivity index (χ3n) is 3.32. The molecule has 24 heavy (non-hydrogen) atoms. The Morgan fingerprint density at radius 2 is 2.04 bits per heavy atom. The average Bonchev–Trinajstić information content (AvgIpc) is 3.11. The Balaban J connectivity index is 1.82. The summed E-state index contributed by atoms with van der Waals surface area (Å²) in [5, 5.41) is 20.0. The van der Waals surface area contributed by atoms with E-state index >= 15 is 0 Å². The first-order valence-corrected chi connectivity index (χ1v) is 7.95. The minimum Gasteiger partial charge on any atom is -0.488 e. The van der Waals surface area contributed by atoms with Crippen LogP contribution >= 0.6 is 11.3 Å². The fourth-order valence-electron chi connectivity index (χ4n) is 2.14. The maximum Gasteiger partial charge on any atom is 0.365 e. The summed E-state index contributed by atoms with van der Waals surface area (Å²) < 4.78 is 5.71. The number of hydrogen-bond acceptors (Lipinski definition) is 5. The van der Waals surface area contributed by atoms with Gasteiger partial charge in [-0.1, -0.05) is 30.3 Å². The molecule has 1 heterocycles. The number of carboxylic acids is 1. The molecule has 5 nitrogen and oxygen atoms in total. The zero-order chi connectivity index (χ0) is 16.9. The minimum absolute atomic E-state index is 0.0212. The molecule has 0 aliphatic rings. The fraction of sp³-hybridized carbons (Fsp3) is 0.0556. The molecule has 0 saturated heterocycles. The third kappa shape index (κ3) is 3.42. The quantitative estimate of drug-likeness (QED) is 0.762. The number of nitrogens with zero attached hydrogens (tertiary/aromatic N) is 2. The van der Waals surface area contributed by atoms with Gasteiger partial charge in [0.05, 0.1) is 11.3 Å². The highest BCUT2D eigenvalue weighted by Gasteiger charge is 2.12. The summed E-state index contributed by atoms with van der Waals surface area (Å²) in [5.74, 6) is -0.576. The van der Waals surface area contributed by atoms with E-state index in [1.807, 2.05) is 30.3 Å². The molecule has 3 aromatic rings. The molecule has 2 aromatic carbocycles. The zero-order valence-corrected chi connectivity index (χ0v) is 13.3. The lowest BCUT2D eigenvalue weighted by Gasteiger charge is -2.09. The van der Waals surface area contributed by atoms with Crippen LogP contribution in [0.3, 0.4) is 0 Å². The minimum atomic E-state index is -1.06. The molecule has 0 unspecified atom stereocenters. The molecule has 0 amide bonds. The molecular weight excluding hydrogens is 324 g/mol. The van der Waals surface area contributed by atoms with Crippen molar-refractivity contribution in [3.05, 3.63) is 70.0 Å². The first-order chi connectivity index (χ1) is 11.7. The largest absolute Gasteiger partial charge is 0.488 e. The van der Waals surface area contributed by atoms with Crippen LogP contribution in [0.1, 0.15) is 20.9 Å². The van der Waals surface area contributed by atoms with Gasteiger partial charge in [0.2, 0.25) is 5.01 Å². The van der Waals surface area contributed by atoms with E-state index in [4.69, 9.17) is 9.84 Å². The number of benzene rings is 2. The van der Waals surface area contributed by atoms with Gasteiger partial charge in [0.15, 0.2) is 0 Å². The molecule has 0 bridgehead atoms. The number of aromatic nitrogens is 1. The van der Waals surface area contributed by atoms with Gasteiger partial charge in [-0.15, -0.1) is 11.3 Å². The van der Waals surface area contributed by atoms with Crippen molar-refractivity contribution in [2.75, 3.05) is 0 Å². The number of rotatable bonds is 5. The molecule has 0 aliphatic heterocycles. The van der Waals surface area contributed by atoms with Gasteiger partial charge in [-0.25, -0.2) is 9.78 Å². The first-order valence-electron chi connectivity index (χ1n) is 7.07. The summed E-state index contributed by atoms with van der Waals surface area (Å²) in [6.45, 7) is 0.370. The van der Waals surface area contributed by atoms with Gasteiger partial charge >= 0.3 is 5.97 Å². The summed E-state index contributed by atoms with van der Waals surface area (Å²) in [7, 11) is 0. The Kier molecular flexibility index (Phi) is 4.54. The van der Waals surface area contributed by atoms with Crippen LogP contribution in [-0.2, 0) is 6.61 Å². The molecule has 6 heteroatoms. The van der Waals surface area contributed by atoms with E-state index in [-0.39, 0.29) is 5.01 Å². The smallest absolute Gasteiger partial charge is 0.365 e. The number of carbonyl (C=O) groups is 1. The van der Waals surface area contributed by atoms with Crippen LogP contribution in [0.15, 0.2) is 53.9 Å².